The topological polar surface area (TPSA) is 77.2 Å². The summed E-state index contributed by atoms with van der Waals surface area (Å²) in [5, 5.41) is 19.0. The fourth-order valence-corrected chi connectivity index (χ4v) is 2.87. The van der Waals surface area contributed by atoms with Gasteiger partial charge in [-0.1, -0.05) is 18.2 Å². The predicted molar refractivity (Wildman–Crippen MR) is 79.0 cm³/mol. The molecule has 1 saturated heterocycles. The van der Waals surface area contributed by atoms with Crippen molar-refractivity contribution in [1.29, 1.82) is 5.26 Å². The van der Waals surface area contributed by atoms with E-state index in [2.05, 4.69) is 16.0 Å². The van der Waals surface area contributed by atoms with E-state index >= 15 is 0 Å². The molecule has 1 aromatic carbocycles. The number of aliphatic carboxylic acids is 1. The number of carboxylic acids is 1. The Hall–Kier alpha value is -2.61. The Morgan fingerprint density at radius 1 is 1.48 bits per heavy atom. The van der Waals surface area contributed by atoms with Crippen LogP contribution in [-0.4, -0.2) is 29.1 Å². The van der Waals surface area contributed by atoms with Crippen LogP contribution in [0.3, 0.4) is 0 Å². The van der Waals surface area contributed by atoms with Crippen molar-refractivity contribution in [3.05, 3.63) is 35.9 Å². The van der Waals surface area contributed by atoms with Crippen molar-refractivity contribution in [2.75, 3.05) is 18.0 Å². The van der Waals surface area contributed by atoms with Gasteiger partial charge in [0.05, 0.1) is 17.1 Å². The number of aromatic nitrogens is 1. The van der Waals surface area contributed by atoms with Crippen LogP contribution in [0.15, 0.2) is 30.3 Å². The van der Waals surface area contributed by atoms with E-state index in [4.69, 9.17) is 5.11 Å². The molecule has 0 spiro atoms. The summed E-state index contributed by atoms with van der Waals surface area (Å²) in [5.74, 6) is 0.158. The molecule has 1 aromatic heterocycles. The standard InChI is InChI=1S/C16H15N3O2/c17-9-12-8-15(18-14-4-2-1-3-13(12)14)19-6-5-11(10-19)7-16(20)21/h1-4,8,11H,5-7,10H2,(H,20,21). The Balaban J connectivity index is 1.92. The maximum atomic E-state index is 10.8. The molecular weight excluding hydrogens is 266 g/mol. The first-order chi connectivity index (χ1) is 10.2. The molecule has 106 valence electrons. The summed E-state index contributed by atoms with van der Waals surface area (Å²) < 4.78 is 0. The lowest BCUT2D eigenvalue weighted by molar-refractivity contribution is -0.137. The number of rotatable bonds is 3. The van der Waals surface area contributed by atoms with Gasteiger partial charge in [-0.05, 0) is 24.5 Å². The fraction of sp³-hybridized carbons (Fsp3) is 0.312. The maximum Gasteiger partial charge on any atom is 0.303 e. The van der Waals surface area contributed by atoms with Gasteiger partial charge >= 0.3 is 5.97 Å². The van der Waals surface area contributed by atoms with E-state index in [-0.39, 0.29) is 12.3 Å². The average Bonchev–Trinajstić information content (AvgIpc) is 2.93. The lowest BCUT2D eigenvalue weighted by atomic mass is 10.1. The summed E-state index contributed by atoms with van der Waals surface area (Å²) in [7, 11) is 0. The Bertz CT molecular complexity index is 736. The van der Waals surface area contributed by atoms with Crippen molar-refractivity contribution < 1.29 is 9.90 Å². The normalized spacial score (nSPS) is 17.9. The number of carboxylic acid groups (broad SMARTS) is 1. The zero-order valence-electron chi connectivity index (χ0n) is 11.5. The van der Waals surface area contributed by atoms with Gasteiger partial charge < -0.3 is 10.0 Å². The highest BCUT2D eigenvalue weighted by atomic mass is 16.4. The molecule has 0 aliphatic carbocycles. The minimum atomic E-state index is -0.758. The zero-order valence-corrected chi connectivity index (χ0v) is 11.5. The third kappa shape index (κ3) is 2.65. The number of benzene rings is 1. The highest BCUT2D eigenvalue weighted by molar-refractivity contribution is 5.86. The summed E-state index contributed by atoms with van der Waals surface area (Å²) in [4.78, 5) is 17.5. The number of hydrogen-bond donors (Lipinski definition) is 1. The van der Waals surface area contributed by atoms with E-state index in [1.807, 2.05) is 24.3 Å². The quantitative estimate of drug-likeness (QED) is 0.934. The molecule has 0 bridgehead atoms. The molecule has 1 aliphatic rings. The molecule has 1 unspecified atom stereocenters. The molecule has 21 heavy (non-hydrogen) atoms. The molecule has 2 heterocycles. The second-order valence-electron chi connectivity index (χ2n) is 5.36. The van der Waals surface area contributed by atoms with Crippen molar-refractivity contribution >= 4 is 22.7 Å². The Morgan fingerprint density at radius 2 is 2.29 bits per heavy atom. The SMILES string of the molecule is N#Cc1cc(N2CCC(CC(=O)O)C2)nc2ccccc12. The van der Waals surface area contributed by atoms with Crippen molar-refractivity contribution in [2.45, 2.75) is 12.8 Å². The highest BCUT2D eigenvalue weighted by Crippen LogP contribution is 2.28. The van der Waals surface area contributed by atoms with Crippen LogP contribution in [0, 0.1) is 17.2 Å². The lowest BCUT2D eigenvalue weighted by Gasteiger charge is -2.18. The number of fused-ring (bicyclic) bond motifs is 1. The van der Waals surface area contributed by atoms with Gasteiger partial charge in [-0.25, -0.2) is 4.98 Å². The van der Waals surface area contributed by atoms with Gasteiger partial charge in [-0.3, -0.25) is 4.79 Å². The predicted octanol–water partition coefficient (Wildman–Crippen LogP) is 2.41. The Labute approximate surface area is 122 Å². The van der Waals surface area contributed by atoms with Crippen LogP contribution in [0.4, 0.5) is 5.82 Å². The van der Waals surface area contributed by atoms with E-state index in [1.165, 1.54) is 0 Å². The first-order valence-electron chi connectivity index (χ1n) is 6.94. The number of nitriles is 1. The van der Waals surface area contributed by atoms with Crippen LogP contribution in [0.2, 0.25) is 0 Å². The summed E-state index contributed by atoms with van der Waals surface area (Å²) in [5.41, 5.74) is 1.41. The third-order valence-corrected chi connectivity index (χ3v) is 3.90. The Morgan fingerprint density at radius 3 is 3.05 bits per heavy atom. The Kier molecular flexibility index (Phi) is 3.44. The van der Waals surface area contributed by atoms with Gasteiger partial charge in [0, 0.05) is 24.9 Å². The van der Waals surface area contributed by atoms with Crippen LogP contribution in [0.1, 0.15) is 18.4 Å². The second-order valence-corrected chi connectivity index (χ2v) is 5.36. The molecule has 5 nitrogen and oxygen atoms in total. The van der Waals surface area contributed by atoms with Crippen molar-refractivity contribution in [3.8, 4) is 6.07 Å². The second kappa shape index (κ2) is 5.41. The first kappa shape index (κ1) is 13.4. The number of anilines is 1. The van der Waals surface area contributed by atoms with Gasteiger partial charge in [0.1, 0.15) is 5.82 Å². The third-order valence-electron chi connectivity index (χ3n) is 3.90. The molecule has 3 rings (SSSR count). The highest BCUT2D eigenvalue weighted by Gasteiger charge is 2.25. The van der Waals surface area contributed by atoms with Crippen LogP contribution in [-0.2, 0) is 4.79 Å². The van der Waals surface area contributed by atoms with E-state index < -0.39 is 5.97 Å². The largest absolute Gasteiger partial charge is 0.481 e. The van der Waals surface area contributed by atoms with E-state index in [1.54, 1.807) is 6.07 Å². The monoisotopic (exact) mass is 281 g/mol. The summed E-state index contributed by atoms with van der Waals surface area (Å²) in [6, 6.07) is 11.6. The molecule has 0 radical (unpaired) electrons. The van der Waals surface area contributed by atoms with Gasteiger partial charge in [-0.2, -0.15) is 5.26 Å². The minimum absolute atomic E-state index is 0.154. The molecule has 1 N–H and O–H groups in total. The van der Waals surface area contributed by atoms with Crippen LogP contribution in [0.5, 0.6) is 0 Å². The smallest absolute Gasteiger partial charge is 0.303 e. The summed E-state index contributed by atoms with van der Waals surface area (Å²) >= 11 is 0. The number of nitrogens with zero attached hydrogens (tertiary/aromatic N) is 3. The molecule has 2 aromatic rings. The van der Waals surface area contributed by atoms with Gasteiger partial charge in [0.25, 0.3) is 0 Å². The first-order valence-corrected chi connectivity index (χ1v) is 6.94. The van der Waals surface area contributed by atoms with E-state index in [0.717, 1.165) is 29.7 Å². The fourth-order valence-electron chi connectivity index (χ4n) is 2.87. The molecule has 1 fully saturated rings. The van der Waals surface area contributed by atoms with Crippen LogP contribution < -0.4 is 4.90 Å². The molecule has 5 heteroatoms. The van der Waals surface area contributed by atoms with E-state index in [0.29, 0.717) is 12.1 Å². The molecule has 1 atom stereocenters. The number of hydrogen-bond acceptors (Lipinski definition) is 4. The average molecular weight is 281 g/mol. The van der Waals surface area contributed by atoms with Crippen molar-refractivity contribution in [3.63, 3.8) is 0 Å². The van der Waals surface area contributed by atoms with Crippen molar-refractivity contribution in [1.82, 2.24) is 4.98 Å². The molecular formula is C16H15N3O2. The van der Waals surface area contributed by atoms with Gasteiger partial charge in [0.15, 0.2) is 0 Å². The van der Waals surface area contributed by atoms with Gasteiger partial charge in [0.2, 0.25) is 0 Å². The number of pyridine rings is 1. The maximum absolute atomic E-state index is 10.8. The number of para-hydroxylation sites is 1. The molecule has 0 saturated carbocycles. The lowest BCUT2D eigenvalue weighted by Crippen LogP contribution is -2.21. The summed E-state index contributed by atoms with van der Waals surface area (Å²) in [6.07, 6.45) is 1.04. The molecule has 1 aliphatic heterocycles. The minimum Gasteiger partial charge on any atom is -0.481 e. The van der Waals surface area contributed by atoms with Gasteiger partial charge in [-0.15, -0.1) is 0 Å². The summed E-state index contributed by atoms with van der Waals surface area (Å²) in [6.45, 7) is 1.47. The van der Waals surface area contributed by atoms with E-state index in [9.17, 15) is 10.1 Å². The molecule has 0 amide bonds. The van der Waals surface area contributed by atoms with Crippen LogP contribution >= 0.6 is 0 Å². The zero-order chi connectivity index (χ0) is 14.8. The van der Waals surface area contributed by atoms with Crippen LogP contribution in [0.25, 0.3) is 10.9 Å². The van der Waals surface area contributed by atoms with Crippen molar-refractivity contribution in [2.24, 2.45) is 5.92 Å². The number of carbonyl (C=O) groups is 1.